The van der Waals surface area contributed by atoms with Gasteiger partial charge in [-0.2, -0.15) is 5.10 Å². The topological polar surface area (TPSA) is 84.2 Å². The normalized spacial score (nSPS) is 20.0. The summed E-state index contributed by atoms with van der Waals surface area (Å²) in [6, 6.07) is 2.08. The van der Waals surface area contributed by atoms with Crippen molar-refractivity contribution in [1.29, 1.82) is 0 Å². The number of Topliss-reactive ketones (excluding diaryl/α,β-unsaturated/α-hetero) is 1. The standard InChI is InChI=1S/C22H26N6O/c1-14-9-27-28(13-14)22-15(2)8-16(11-26-22)10-24-12-18-19(23-3)6-7-25-20(18)21(29)17-4-5-17/h6-9,11-13,17,19,23-24H,4-5,10H2,1-3H3/b18-12+. The first-order chi connectivity index (χ1) is 14.1. The van der Waals surface area contributed by atoms with Crippen LogP contribution in [-0.4, -0.2) is 39.3 Å². The summed E-state index contributed by atoms with van der Waals surface area (Å²) < 4.78 is 1.79. The smallest absolute Gasteiger partial charge is 0.184 e. The van der Waals surface area contributed by atoms with Crippen molar-refractivity contribution >= 4 is 11.5 Å². The molecule has 1 atom stereocenters. The van der Waals surface area contributed by atoms with Gasteiger partial charge in [-0.25, -0.2) is 9.67 Å². The number of rotatable bonds is 7. The van der Waals surface area contributed by atoms with Crippen molar-refractivity contribution in [3.05, 3.63) is 65.4 Å². The largest absolute Gasteiger partial charge is 0.386 e. The fourth-order valence-electron chi connectivity index (χ4n) is 3.45. The lowest BCUT2D eigenvalue weighted by molar-refractivity contribution is -0.114. The van der Waals surface area contributed by atoms with Gasteiger partial charge in [0, 0.05) is 42.8 Å². The molecule has 150 valence electrons. The number of aromatic nitrogens is 3. The number of hydrogen-bond acceptors (Lipinski definition) is 6. The molecule has 1 aliphatic heterocycles. The molecule has 29 heavy (non-hydrogen) atoms. The van der Waals surface area contributed by atoms with Gasteiger partial charge in [-0.15, -0.1) is 0 Å². The molecule has 1 fully saturated rings. The van der Waals surface area contributed by atoms with E-state index in [1.54, 1.807) is 10.9 Å². The van der Waals surface area contributed by atoms with E-state index in [1.807, 2.05) is 51.8 Å². The Balaban J connectivity index is 1.48. The van der Waals surface area contributed by atoms with Crippen LogP contribution >= 0.6 is 0 Å². The summed E-state index contributed by atoms with van der Waals surface area (Å²) >= 11 is 0. The maximum atomic E-state index is 12.6. The quantitative estimate of drug-likeness (QED) is 0.758. The Hall–Kier alpha value is -3.06. The van der Waals surface area contributed by atoms with Crippen LogP contribution in [0.4, 0.5) is 0 Å². The second kappa shape index (κ2) is 8.13. The van der Waals surface area contributed by atoms with Crippen LogP contribution in [0, 0.1) is 19.8 Å². The number of carbonyl (C=O) groups excluding carboxylic acids is 1. The second-order valence-electron chi connectivity index (χ2n) is 7.65. The van der Waals surface area contributed by atoms with Gasteiger partial charge >= 0.3 is 0 Å². The predicted octanol–water partition coefficient (Wildman–Crippen LogP) is 2.39. The highest BCUT2D eigenvalue weighted by molar-refractivity contribution is 6.47. The number of ketones is 1. The molecule has 2 aromatic heterocycles. The Bertz CT molecular complexity index is 1010. The molecule has 1 saturated carbocycles. The van der Waals surface area contributed by atoms with Gasteiger partial charge in [0.1, 0.15) is 5.71 Å². The van der Waals surface area contributed by atoms with Crippen LogP contribution < -0.4 is 10.6 Å². The zero-order valence-electron chi connectivity index (χ0n) is 17.0. The molecule has 0 radical (unpaired) electrons. The molecule has 2 aliphatic rings. The first kappa shape index (κ1) is 19.3. The number of aliphatic imine (C=N–C) groups is 1. The second-order valence-corrected chi connectivity index (χ2v) is 7.65. The molecule has 0 aromatic carbocycles. The summed E-state index contributed by atoms with van der Waals surface area (Å²) in [7, 11) is 1.89. The van der Waals surface area contributed by atoms with Crippen LogP contribution in [0.2, 0.25) is 0 Å². The summed E-state index contributed by atoms with van der Waals surface area (Å²) in [6.45, 7) is 4.65. The minimum atomic E-state index is -0.0250. The molecular formula is C22H26N6O. The Morgan fingerprint density at radius 1 is 1.31 bits per heavy atom. The van der Waals surface area contributed by atoms with Crippen LogP contribution in [-0.2, 0) is 11.3 Å². The van der Waals surface area contributed by atoms with E-state index in [0.717, 1.165) is 40.9 Å². The Kier molecular flexibility index (Phi) is 5.40. The molecule has 2 aromatic rings. The molecule has 4 rings (SSSR count). The predicted molar refractivity (Wildman–Crippen MR) is 113 cm³/mol. The molecule has 2 N–H and O–H groups in total. The lowest BCUT2D eigenvalue weighted by atomic mass is 9.95. The monoisotopic (exact) mass is 390 g/mol. The van der Waals surface area contributed by atoms with Crippen molar-refractivity contribution in [3.8, 4) is 5.82 Å². The zero-order chi connectivity index (χ0) is 20.4. The van der Waals surface area contributed by atoms with E-state index in [9.17, 15) is 4.79 Å². The number of aryl methyl sites for hydroxylation is 2. The van der Waals surface area contributed by atoms with Crippen molar-refractivity contribution in [1.82, 2.24) is 25.4 Å². The number of nitrogens with one attached hydrogen (secondary N) is 2. The van der Waals surface area contributed by atoms with E-state index in [-0.39, 0.29) is 17.7 Å². The molecular weight excluding hydrogens is 364 g/mol. The molecule has 0 spiro atoms. The van der Waals surface area contributed by atoms with Crippen molar-refractivity contribution in [2.75, 3.05) is 7.05 Å². The third kappa shape index (κ3) is 4.19. The molecule has 7 heteroatoms. The first-order valence-corrected chi connectivity index (χ1v) is 9.93. The minimum Gasteiger partial charge on any atom is -0.386 e. The lowest BCUT2D eigenvalue weighted by Crippen LogP contribution is -2.35. The van der Waals surface area contributed by atoms with Crippen molar-refractivity contribution in [3.63, 3.8) is 0 Å². The van der Waals surface area contributed by atoms with E-state index < -0.39 is 0 Å². The van der Waals surface area contributed by atoms with Crippen LogP contribution in [0.5, 0.6) is 0 Å². The third-order valence-corrected chi connectivity index (χ3v) is 5.18. The zero-order valence-corrected chi connectivity index (χ0v) is 17.0. The van der Waals surface area contributed by atoms with E-state index in [4.69, 9.17) is 0 Å². The average molecular weight is 390 g/mol. The van der Waals surface area contributed by atoms with Gasteiger partial charge in [0.15, 0.2) is 11.6 Å². The summed E-state index contributed by atoms with van der Waals surface area (Å²) in [5.74, 6) is 1.13. The van der Waals surface area contributed by atoms with Crippen molar-refractivity contribution < 1.29 is 4.79 Å². The van der Waals surface area contributed by atoms with E-state index >= 15 is 0 Å². The summed E-state index contributed by atoms with van der Waals surface area (Å²) in [5.41, 5.74) is 4.68. The maximum Gasteiger partial charge on any atom is 0.184 e. The molecule has 0 saturated heterocycles. The fourth-order valence-corrected chi connectivity index (χ4v) is 3.45. The van der Waals surface area contributed by atoms with E-state index in [0.29, 0.717) is 12.3 Å². The first-order valence-electron chi connectivity index (χ1n) is 9.93. The SMILES string of the molecule is CNC1C=CN=C(C(=O)C2CC2)/C1=C/NCc1cnc(-n2cc(C)cn2)c(C)c1. The minimum absolute atomic E-state index is 0.0250. The van der Waals surface area contributed by atoms with Gasteiger partial charge in [0.25, 0.3) is 0 Å². The van der Waals surface area contributed by atoms with E-state index in [2.05, 4.69) is 31.8 Å². The van der Waals surface area contributed by atoms with Gasteiger partial charge < -0.3 is 10.6 Å². The highest BCUT2D eigenvalue weighted by Crippen LogP contribution is 2.32. The molecule has 1 aliphatic carbocycles. The highest BCUT2D eigenvalue weighted by Gasteiger charge is 2.35. The molecule has 7 nitrogen and oxygen atoms in total. The maximum absolute atomic E-state index is 12.6. The number of carbonyl (C=O) groups is 1. The summed E-state index contributed by atoms with van der Waals surface area (Å²) in [4.78, 5) is 21.5. The van der Waals surface area contributed by atoms with Gasteiger partial charge in [-0.3, -0.25) is 9.79 Å². The Morgan fingerprint density at radius 2 is 2.14 bits per heavy atom. The molecule has 0 bridgehead atoms. The number of pyridine rings is 1. The van der Waals surface area contributed by atoms with Gasteiger partial charge in [-0.05, 0) is 62.6 Å². The average Bonchev–Trinajstić information content (AvgIpc) is 3.49. The molecule has 1 unspecified atom stereocenters. The Morgan fingerprint density at radius 3 is 2.79 bits per heavy atom. The van der Waals surface area contributed by atoms with Crippen LogP contribution in [0.1, 0.15) is 29.5 Å². The fraction of sp³-hybridized carbons (Fsp3) is 0.364. The van der Waals surface area contributed by atoms with Crippen LogP contribution in [0.15, 0.2) is 53.7 Å². The highest BCUT2D eigenvalue weighted by atomic mass is 16.1. The third-order valence-electron chi connectivity index (χ3n) is 5.18. The van der Waals surface area contributed by atoms with Crippen LogP contribution in [0.3, 0.4) is 0 Å². The summed E-state index contributed by atoms with van der Waals surface area (Å²) in [6.07, 6.45) is 13.2. The van der Waals surface area contributed by atoms with Gasteiger partial charge in [-0.1, -0.05) is 0 Å². The van der Waals surface area contributed by atoms with Gasteiger partial charge in [0.2, 0.25) is 0 Å². The van der Waals surface area contributed by atoms with E-state index in [1.165, 1.54) is 0 Å². The Labute approximate surface area is 170 Å². The van der Waals surface area contributed by atoms with Crippen molar-refractivity contribution in [2.45, 2.75) is 39.3 Å². The number of likely N-dealkylation sites (N-methyl/N-ethyl adjacent to an activating group) is 1. The number of hydrogen-bond donors (Lipinski definition) is 2. The number of nitrogens with zero attached hydrogens (tertiary/aromatic N) is 4. The van der Waals surface area contributed by atoms with Crippen LogP contribution in [0.25, 0.3) is 5.82 Å². The van der Waals surface area contributed by atoms with Gasteiger partial charge in [0.05, 0.1) is 12.2 Å². The molecule has 3 heterocycles. The summed E-state index contributed by atoms with van der Waals surface area (Å²) in [5, 5.41) is 10.9. The molecule has 0 amide bonds. The lowest BCUT2D eigenvalue weighted by Gasteiger charge is -2.21. The van der Waals surface area contributed by atoms with Crippen molar-refractivity contribution in [2.24, 2.45) is 10.9 Å².